The van der Waals surface area contributed by atoms with E-state index in [9.17, 15) is 9.50 Å². The predicted molar refractivity (Wildman–Crippen MR) is 173 cm³/mol. The van der Waals surface area contributed by atoms with Crippen LogP contribution in [0.5, 0.6) is 11.8 Å². The smallest absolute Gasteiger partial charge is 0.318 e. The highest BCUT2D eigenvalue weighted by molar-refractivity contribution is 6.40. The second kappa shape index (κ2) is 11.7. The van der Waals surface area contributed by atoms with Crippen LogP contribution in [0.15, 0.2) is 30.5 Å². The number of nitrogens with zero attached hydrogens (tertiary/aromatic N) is 5. The number of rotatable bonds is 7. The van der Waals surface area contributed by atoms with Gasteiger partial charge in [0.25, 0.3) is 0 Å². The number of terminal acetylenes is 1. The van der Waals surface area contributed by atoms with E-state index in [1.54, 1.807) is 7.11 Å². The van der Waals surface area contributed by atoms with Gasteiger partial charge in [0.05, 0.1) is 17.6 Å². The molecule has 1 atom stereocenters. The highest BCUT2D eigenvalue weighted by Crippen LogP contribution is 2.46. The van der Waals surface area contributed by atoms with Crippen LogP contribution in [0.25, 0.3) is 32.9 Å². The maximum atomic E-state index is 16.9. The minimum absolute atomic E-state index is 0.00603. The van der Waals surface area contributed by atoms with Gasteiger partial charge in [-0.25, -0.2) is 8.78 Å². The molecular formula is C33H32B2F2N6O3. The second-order valence-corrected chi connectivity index (χ2v) is 12.3. The van der Waals surface area contributed by atoms with Crippen LogP contribution in [0.1, 0.15) is 31.2 Å². The summed E-state index contributed by atoms with van der Waals surface area (Å²) >= 11 is 0. The zero-order valence-corrected chi connectivity index (χ0v) is 25.5. The maximum absolute atomic E-state index is 16.9. The molecule has 232 valence electrons. The number of fused-ring (bicyclic) bond motifs is 3. The number of phenols is 1. The normalized spacial score (nSPS) is 19.9. The Morgan fingerprint density at radius 3 is 2.70 bits per heavy atom. The topological polar surface area (TPSA) is 95.9 Å². The lowest BCUT2D eigenvalue weighted by Gasteiger charge is -2.46. The Bertz CT molecular complexity index is 1870. The average molecular weight is 620 g/mol. The number of hydrogen-bond acceptors (Lipinski definition) is 9. The second-order valence-electron chi connectivity index (χ2n) is 12.3. The number of pyridine rings is 1. The van der Waals surface area contributed by atoms with E-state index < -0.39 is 22.6 Å². The van der Waals surface area contributed by atoms with Crippen LogP contribution in [0.2, 0.25) is 0 Å². The molecule has 4 radical (unpaired) electrons. The number of anilines is 1. The number of aromatic nitrogens is 3. The molecule has 9 nitrogen and oxygen atoms in total. The standard InChI is InChI=1S/C33H32B2F2N6O3/c1-3-22-25(36)7-6-19-14-21(44)15-23(26(19)22)28-27(37)29-24(16-39-28)30(42-13-10-38-20(17-42)18-45-2)41-31(40-29)46-33(34,35)32-8-4-11-43(32)12-5-9-32/h1,6-7,14-16,20,38,44H,4-5,8-13,17-18H2,2H3. The Morgan fingerprint density at radius 2 is 1.96 bits per heavy atom. The minimum atomic E-state index is -1.65. The average Bonchev–Trinajstić information content (AvgIpc) is 3.64. The molecule has 4 aromatic rings. The van der Waals surface area contributed by atoms with Crippen molar-refractivity contribution in [1.29, 1.82) is 0 Å². The van der Waals surface area contributed by atoms with Crippen molar-refractivity contribution in [2.45, 2.75) is 42.7 Å². The summed E-state index contributed by atoms with van der Waals surface area (Å²) < 4.78 is 43.4. The fourth-order valence-electron chi connectivity index (χ4n) is 7.57. The molecule has 3 aliphatic heterocycles. The Labute approximate surface area is 268 Å². The monoisotopic (exact) mass is 620 g/mol. The summed E-state index contributed by atoms with van der Waals surface area (Å²) in [6.07, 6.45) is 10.5. The molecule has 3 aliphatic rings. The molecule has 2 aromatic carbocycles. The van der Waals surface area contributed by atoms with Gasteiger partial charge in [-0.05, 0) is 62.4 Å². The van der Waals surface area contributed by atoms with Crippen molar-refractivity contribution in [3.63, 3.8) is 0 Å². The summed E-state index contributed by atoms with van der Waals surface area (Å²) in [7, 11) is 15.1. The first-order chi connectivity index (χ1) is 22.2. The van der Waals surface area contributed by atoms with Crippen LogP contribution in [-0.4, -0.2) is 104 Å². The molecule has 3 saturated heterocycles. The van der Waals surface area contributed by atoms with Crippen molar-refractivity contribution in [2.24, 2.45) is 0 Å². The van der Waals surface area contributed by atoms with Crippen molar-refractivity contribution in [3.8, 4) is 35.4 Å². The van der Waals surface area contributed by atoms with E-state index in [4.69, 9.17) is 36.6 Å². The highest BCUT2D eigenvalue weighted by atomic mass is 19.1. The third-order valence-corrected chi connectivity index (χ3v) is 9.65. The lowest BCUT2D eigenvalue weighted by atomic mass is 9.53. The van der Waals surface area contributed by atoms with Gasteiger partial charge in [-0.3, -0.25) is 9.88 Å². The van der Waals surface area contributed by atoms with Crippen LogP contribution in [0.4, 0.5) is 14.6 Å². The largest absolute Gasteiger partial charge is 0.508 e. The fraction of sp³-hybridized carbons (Fsp3) is 0.424. The van der Waals surface area contributed by atoms with Crippen LogP contribution in [-0.2, 0) is 4.74 Å². The molecule has 46 heavy (non-hydrogen) atoms. The Balaban J connectivity index is 1.41. The van der Waals surface area contributed by atoms with Gasteiger partial charge in [0, 0.05) is 60.9 Å². The SMILES string of the molecule is [B]C([B])(Oc1nc(N2CCNC(COC)C2)c2cnc(-c3cc(O)cc4ccc(F)c(C#C)c34)c(F)c2n1)C12CCCN1CCC2. The van der Waals surface area contributed by atoms with Gasteiger partial charge in [-0.1, -0.05) is 12.0 Å². The number of phenolic OH excluding ortho intramolecular Hbond substituents is 1. The first-order valence-corrected chi connectivity index (χ1v) is 15.4. The van der Waals surface area contributed by atoms with Crippen molar-refractivity contribution < 1.29 is 23.4 Å². The maximum Gasteiger partial charge on any atom is 0.318 e. The lowest BCUT2D eigenvalue weighted by molar-refractivity contribution is 0.0507. The van der Waals surface area contributed by atoms with Crippen molar-refractivity contribution in [2.75, 3.05) is 51.3 Å². The van der Waals surface area contributed by atoms with Gasteiger partial charge in [0.15, 0.2) is 5.82 Å². The molecule has 0 amide bonds. The summed E-state index contributed by atoms with van der Waals surface area (Å²) in [6, 6.07) is 5.24. The molecule has 7 rings (SSSR count). The number of ether oxygens (including phenoxy) is 2. The number of piperazine rings is 1. The van der Waals surface area contributed by atoms with E-state index in [0.717, 1.165) is 38.8 Å². The molecular weight excluding hydrogens is 588 g/mol. The summed E-state index contributed by atoms with van der Waals surface area (Å²) in [4.78, 5) is 18.0. The van der Waals surface area contributed by atoms with Gasteiger partial charge in [0.2, 0.25) is 0 Å². The molecule has 0 saturated carbocycles. The summed E-state index contributed by atoms with van der Waals surface area (Å²) in [6.45, 7) is 3.91. The molecule has 0 spiro atoms. The summed E-state index contributed by atoms with van der Waals surface area (Å²) in [5, 5.41) is 13.3. The van der Waals surface area contributed by atoms with Gasteiger partial charge in [-0.2, -0.15) is 9.97 Å². The fourth-order valence-corrected chi connectivity index (χ4v) is 7.57. The van der Waals surface area contributed by atoms with E-state index >= 15 is 4.39 Å². The number of methoxy groups -OCH3 is 1. The zero-order chi connectivity index (χ0) is 32.2. The third kappa shape index (κ3) is 4.94. The first kappa shape index (κ1) is 30.7. The molecule has 3 fully saturated rings. The van der Waals surface area contributed by atoms with E-state index in [2.05, 4.69) is 26.1 Å². The molecule has 13 heteroatoms. The zero-order valence-electron chi connectivity index (χ0n) is 25.5. The number of aromatic hydroxyl groups is 1. The van der Waals surface area contributed by atoms with E-state index in [1.807, 2.05) is 4.90 Å². The lowest BCUT2D eigenvalue weighted by Crippen LogP contribution is -2.63. The van der Waals surface area contributed by atoms with Gasteiger partial charge < -0.3 is 24.8 Å². The van der Waals surface area contributed by atoms with Crippen LogP contribution < -0.4 is 15.0 Å². The van der Waals surface area contributed by atoms with Gasteiger partial charge >= 0.3 is 6.01 Å². The number of benzene rings is 2. The molecule has 2 N–H and O–H groups in total. The Hall–Kier alpha value is -3.98. The van der Waals surface area contributed by atoms with Crippen LogP contribution >= 0.6 is 0 Å². The van der Waals surface area contributed by atoms with Crippen LogP contribution in [0.3, 0.4) is 0 Å². The van der Waals surface area contributed by atoms with Crippen molar-refractivity contribution in [3.05, 3.63) is 47.7 Å². The first-order valence-electron chi connectivity index (χ1n) is 15.4. The van der Waals surface area contributed by atoms with Crippen LogP contribution in [0, 0.1) is 24.0 Å². The van der Waals surface area contributed by atoms with Gasteiger partial charge in [0.1, 0.15) is 44.3 Å². The predicted octanol–water partition coefficient (Wildman–Crippen LogP) is 3.23. The molecule has 2 aromatic heterocycles. The van der Waals surface area contributed by atoms with E-state index in [1.165, 1.54) is 30.5 Å². The quantitative estimate of drug-likeness (QED) is 0.239. The van der Waals surface area contributed by atoms with Crippen molar-refractivity contribution in [1.82, 2.24) is 25.2 Å². The number of halogens is 2. The number of nitrogens with one attached hydrogen (secondary N) is 1. The van der Waals surface area contributed by atoms with E-state index in [0.29, 0.717) is 42.8 Å². The number of hydrogen-bond donors (Lipinski definition) is 2. The summed E-state index contributed by atoms with van der Waals surface area (Å²) in [5.41, 5.74) is -0.816. The minimum Gasteiger partial charge on any atom is -0.508 e. The molecule has 0 bridgehead atoms. The Morgan fingerprint density at radius 1 is 1.17 bits per heavy atom. The molecule has 1 unspecified atom stereocenters. The van der Waals surface area contributed by atoms with E-state index in [-0.39, 0.29) is 45.5 Å². The Kier molecular flexibility index (Phi) is 7.78. The van der Waals surface area contributed by atoms with Crippen molar-refractivity contribution >= 4 is 43.2 Å². The third-order valence-electron chi connectivity index (χ3n) is 9.65. The van der Waals surface area contributed by atoms with Gasteiger partial charge in [-0.15, -0.1) is 6.42 Å². The molecule has 5 heterocycles. The summed E-state index contributed by atoms with van der Waals surface area (Å²) in [5.74, 6) is 1.13. The molecule has 0 aliphatic carbocycles. The highest BCUT2D eigenvalue weighted by Gasteiger charge is 2.54.